The van der Waals surface area contributed by atoms with E-state index in [9.17, 15) is 0 Å². The zero-order chi connectivity index (χ0) is 12.0. The number of pyridine rings is 1. The van der Waals surface area contributed by atoms with Crippen molar-refractivity contribution in [1.82, 2.24) is 10.3 Å². The fraction of sp³-hybridized carbons (Fsp3) is 0.643. The summed E-state index contributed by atoms with van der Waals surface area (Å²) in [5.41, 5.74) is 2.41. The molecule has 0 aliphatic rings. The number of rotatable bonds is 6. The minimum Gasteiger partial charge on any atom is -0.310 e. The number of nitrogens with one attached hydrogen (secondary N) is 1. The van der Waals surface area contributed by atoms with Crippen molar-refractivity contribution in [2.24, 2.45) is 5.92 Å². The second-order valence-corrected chi connectivity index (χ2v) is 4.34. The Labute approximate surface area is 99.5 Å². The van der Waals surface area contributed by atoms with E-state index in [4.69, 9.17) is 0 Å². The molecule has 2 heteroatoms. The highest BCUT2D eigenvalue weighted by Gasteiger charge is 2.19. The van der Waals surface area contributed by atoms with Crippen LogP contribution >= 0.6 is 0 Å². The summed E-state index contributed by atoms with van der Waals surface area (Å²) in [5.74, 6) is 0.699. The molecular formula is C14H24N2. The molecule has 1 aromatic rings. The van der Waals surface area contributed by atoms with Crippen molar-refractivity contribution >= 4 is 0 Å². The molecule has 0 saturated carbocycles. The van der Waals surface area contributed by atoms with Crippen LogP contribution in [0.1, 0.15) is 50.9 Å². The minimum absolute atomic E-state index is 0.452. The Bertz CT molecular complexity index is 288. The summed E-state index contributed by atoms with van der Waals surface area (Å²) in [6.07, 6.45) is 4.44. The molecule has 2 nitrogen and oxygen atoms in total. The van der Waals surface area contributed by atoms with Crippen molar-refractivity contribution in [1.29, 1.82) is 0 Å². The van der Waals surface area contributed by atoms with Crippen LogP contribution in [0, 0.1) is 12.8 Å². The maximum atomic E-state index is 4.39. The van der Waals surface area contributed by atoms with Gasteiger partial charge in [0.15, 0.2) is 0 Å². The number of aryl methyl sites for hydroxylation is 1. The summed E-state index contributed by atoms with van der Waals surface area (Å²) in [6, 6.07) is 4.75. The third-order valence-corrected chi connectivity index (χ3v) is 3.24. The summed E-state index contributed by atoms with van der Waals surface area (Å²) in [6.45, 7) is 9.73. The van der Waals surface area contributed by atoms with Gasteiger partial charge >= 0.3 is 0 Å². The van der Waals surface area contributed by atoms with Crippen molar-refractivity contribution in [2.45, 2.75) is 46.6 Å². The first kappa shape index (κ1) is 13.2. The van der Waals surface area contributed by atoms with E-state index >= 15 is 0 Å². The summed E-state index contributed by atoms with van der Waals surface area (Å²) >= 11 is 0. The van der Waals surface area contributed by atoms with Crippen LogP contribution < -0.4 is 5.32 Å². The van der Waals surface area contributed by atoms with Crippen LogP contribution in [0.15, 0.2) is 18.3 Å². The fourth-order valence-corrected chi connectivity index (χ4v) is 2.20. The lowest BCUT2D eigenvalue weighted by atomic mass is 9.89. The van der Waals surface area contributed by atoms with Crippen LogP contribution in [0.5, 0.6) is 0 Å². The maximum absolute atomic E-state index is 4.39. The number of aromatic nitrogens is 1. The molecule has 0 fully saturated rings. The highest BCUT2D eigenvalue weighted by Crippen LogP contribution is 2.26. The largest absolute Gasteiger partial charge is 0.310 e. The highest BCUT2D eigenvalue weighted by atomic mass is 14.9. The molecule has 0 spiro atoms. The van der Waals surface area contributed by atoms with E-state index in [1.807, 2.05) is 13.1 Å². The normalized spacial score (nSPS) is 13.1. The molecule has 0 aliphatic carbocycles. The molecule has 0 aliphatic heterocycles. The summed E-state index contributed by atoms with van der Waals surface area (Å²) in [5, 5.41) is 3.58. The topological polar surface area (TPSA) is 24.9 Å². The van der Waals surface area contributed by atoms with Gasteiger partial charge in [-0.15, -0.1) is 0 Å². The van der Waals surface area contributed by atoms with E-state index in [-0.39, 0.29) is 0 Å². The van der Waals surface area contributed by atoms with E-state index in [1.165, 1.54) is 18.4 Å². The monoisotopic (exact) mass is 220 g/mol. The van der Waals surface area contributed by atoms with Gasteiger partial charge in [-0.3, -0.25) is 4.98 Å². The van der Waals surface area contributed by atoms with Gasteiger partial charge < -0.3 is 5.32 Å². The van der Waals surface area contributed by atoms with Crippen molar-refractivity contribution in [3.63, 3.8) is 0 Å². The van der Waals surface area contributed by atoms with Gasteiger partial charge in [0.1, 0.15) is 0 Å². The van der Waals surface area contributed by atoms with E-state index in [0.717, 1.165) is 12.2 Å². The lowest BCUT2D eigenvalue weighted by molar-refractivity contribution is 0.346. The van der Waals surface area contributed by atoms with Crippen molar-refractivity contribution < 1.29 is 0 Å². The SMILES string of the molecule is CCNC(c1ccc(C)nc1)C(CC)CC. The van der Waals surface area contributed by atoms with Crippen molar-refractivity contribution in [2.75, 3.05) is 6.54 Å². The van der Waals surface area contributed by atoms with Crippen LogP contribution in [-0.4, -0.2) is 11.5 Å². The molecule has 1 N–H and O–H groups in total. The van der Waals surface area contributed by atoms with Gasteiger partial charge in [0.25, 0.3) is 0 Å². The van der Waals surface area contributed by atoms with Crippen LogP contribution in [0.2, 0.25) is 0 Å². The van der Waals surface area contributed by atoms with Crippen molar-refractivity contribution in [3.05, 3.63) is 29.6 Å². The molecule has 16 heavy (non-hydrogen) atoms. The molecule has 1 aromatic heterocycles. The van der Waals surface area contributed by atoms with Gasteiger partial charge in [0.2, 0.25) is 0 Å². The van der Waals surface area contributed by atoms with Gasteiger partial charge in [-0.05, 0) is 31.0 Å². The Balaban J connectivity index is 2.87. The predicted molar refractivity (Wildman–Crippen MR) is 69.5 cm³/mol. The Morgan fingerprint density at radius 3 is 2.31 bits per heavy atom. The maximum Gasteiger partial charge on any atom is 0.0372 e. The zero-order valence-corrected chi connectivity index (χ0v) is 11.0. The third kappa shape index (κ3) is 3.31. The molecule has 0 amide bonds. The first-order valence-corrected chi connectivity index (χ1v) is 6.38. The van der Waals surface area contributed by atoms with Crippen LogP contribution in [0.4, 0.5) is 0 Å². The zero-order valence-electron chi connectivity index (χ0n) is 11.0. The van der Waals surface area contributed by atoms with E-state index in [1.54, 1.807) is 0 Å². The van der Waals surface area contributed by atoms with E-state index in [0.29, 0.717) is 12.0 Å². The van der Waals surface area contributed by atoms with Crippen LogP contribution in [0.25, 0.3) is 0 Å². The second-order valence-electron chi connectivity index (χ2n) is 4.34. The molecule has 1 unspecified atom stereocenters. The molecule has 90 valence electrons. The van der Waals surface area contributed by atoms with Crippen LogP contribution in [0.3, 0.4) is 0 Å². The Morgan fingerprint density at radius 2 is 1.88 bits per heavy atom. The molecule has 1 atom stereocenters. The van der Waals surface area contributed by atoms with Gasteiger partial charge in [-0.1, -0.05) is 39.7 Å². The van der Waals surface area contributed by atoms with E-state index < -0.39 is 0 Å². The Kier molecular flexibility index (Phi) is 5.47. The third-order valence-electron chi connectivity index (χ3n) is 3.24. The second kappa shape index (κ2) is 6.64. The van der Waals surface area contributed by atoms with Crippen LogP contribution in [-0.2, 0) is 0 Å². The van der Waals surface area contributed by atoms with Gasteiger partial charge in [-0.2, -0.15) is 0 Å². The molecular weight excluding hydrogens is 196 g/mol. The van der Waals surface area contributed by atoms with Gasteiger partial charge in [0, 0.05) is 17.9 Å². The van der Waals surface area contributed by atoms with Gasteiger partial charge in [0.05, 0.1) is 0 Å². The molecule has 0 bridgehead atoms. The standard InChI is InChI=1S/C14H24N2/c1-5-12(6-2)14(15-7-3)13-9-8-11(4)16-10-13/h8-10,12,14-15H,5-7H2,1-4H3. The average Bonchev–Trinajstić information content (AvgIpc) is 2.31. The molecule has 1 heterocycles. The predicted octanol–water partition coefficient (Wildman–Crippen LogP) is 3.48. The smallest absolute Gasteiger partial charge is 0.0372 e. The Morgan fingerprint density at radius 1 is 1.19 bits per heavy atom. The first-order valence-electron chi connectivity index (χ1n) is 6.38. The lowest BCUT2D eigenvalue weighted by Gasteiger charge is -2.26. The van der Waals surface area contributed by atoms with E-state index in [2.05, 4.69) is 43.2 Å². The fourth-order valence-electron chi connectivity index (χ4n) is 2.20. The summed E-state index contributed by atoms with van der Waals surface area (Å²) in [4.78, 5) is 4.39. The quantitative estimate of drug-likeness (QED) is 0.794. The summed E-state index contributed by atoms with van der Waals surface area (Å²) in [7, 11) is 0. The molecule has 1 rings (SSSR count). The lowest BCUT2D eigenvalue weighted by Crippen LogP contribution is -2.27. The van der Waals surface area contributed by atoms with Gasteiger partial charge in [-0.25, -0.2) is 0 Å². The average molecular weight is 220 g/mol. The highest BCUT2D eigenvalue weighted by molar-refractivity contribution is 5.18. The minimum atomic E-state index is 0.452. The first-order chi connectivity index (χ1) is 7.72. The molecule has 0 saturated heterocycles. The van der Waals surface area contributed by atoms with Crippen molar-refractivity contribution in [3.8, 4) is 0 Å². The number of hydrogen-bond donors (Lipinski definition) is 1. The molecule has 0 aromatic carbocycles. The Hall–Kier alpha value is -0.890. The summed E-state index contributed by atoms with van der Waals surface area (Å²) < 4.78 is 0. The number of hydrogen-bond acceptors (Lipinski definition) is 2. The molecule has 0 radical (unpaired) electrons. The number of nitrogens with zero attached hydrogens (tertiary/aromatic N) is 1.